The van der Waals surface area contributed by atoms with Gasteiger partial charge in [-0.1, -0.05) is 22.3 Å². The second kappa shape index (κ2) is 7.57. The molecule has 0 aliphatic carbocycles. The zero-order chi connectivity index (χ0) is 14.0. The molecule has 1 aliphatic heterocycles. The van der Waals surface area contributed by atoms with Gasteiger partial charge >= 0.3 is 0 Å². The van der Waals surface area contributed by atoms with Gasteiger partial charge < -0.3 is 4.90 Å². The van der Waals surface area contributed by atoms with Gasteiger partial charge in [0, 0.05) is 32.7 Å². The van der Waals surface area contributed by atoms with Crippen LogP contribution in [0.5, 0.6) is 0 Å². The quantitative estimate of drug-likeness (QED) is 0.661. The van der Waals surface area contributed by atoms with Gasteiger partial charge in [-0.05, 0) is 17.8 Å². The van der Waals surface area contributed by atoms with Crippen molar-refractivity contribution in [1.29, 1.82) is 0 Å². The van der Waals surface area contributed by atoms with E-state index in [0.717, 1.165) is 0 Å². The van der Waals surface area contributed by atoms with Crippen LogP contribution in [0.4, 0.5) is 13.2 Å². The van der Waals surface area contributed by atoms with Crippen molar-refractivity contribution in [2.24, 2.45) is 0 Å². The molecular weight excluding hydrogens is 408 g/mol. The third-order valence-electron chi connectivity index (χ3n) is 2.65. The Bertz CT molecular complexity index is 552. The molecule has 1 aromatic carbocycles. The van der Waals surface area contributed by atoms with E-state index in [2.05, 4.69) is 28.6 Å². The molecule has 103 valence electrons. The molecule has 6 heteroatoms. The van der Waals surface area contributed by atoms with E-state index in [1.807, 2.05) is 0 Å². The Hall–Kier alpha value is -0.386. The molecule has 0 unspecified atom stereocenters. The first-order valence-corrected chi connectivity index (χ1v) is 6.28. The number of allylic oxidation sites excluding steroid dienone is 3. The fourth-order valence-electron chi connectivity index (χ4n) is 1.74. The van der Waals surface area contributed by atoms with Crippen molar-refractivity contribution in [3.05, 3.63) is 64.6 Å². The van der Waals surface area contributed by atoms with Gasteiger partial charge in [-0.2, -0.15) is 12.2 Å². The zero-order valence-electron chi connectivity index (χ0n) is 10.4. The average molecular weight is 418 g/mol. The van der Waals surface area contributed by atoms with Crippen LogP contribution in [0.25, 0.3) is 5.70 Å². The summed E-state index contributed by atoms with van der Waals surface area (Å²) in [6, 6.07) is 5.61. The van der Waals surface area contributed by atoms with Crippen LogP contribution >= 0.6 is 15.9 Å². The predicted molar refractivity (Wildman–Crippen MR) is 71.9 cm³/mol. The molecule has 0 fully saturated rings. The Kier molecular flexibility index (Phi) is 6.69. The monoisotopic (exact) mass is 417 g/mol. The molecule has 20 heavy (non-hydrogen) atoms. The van der Waals surface area contributed by atoms with E-state index >= 15 is 0 Å². The van der Waals surface area contributed by atoms with Crippen LogP contribution in [0.2, 0.25) is 0 Å². The summed E-state index contributed by atoms with van der Waals surface area (Å²) in [5.74, 6) is -0.379. The van der Waals surface area contributed by atoms with Gasteiger partial charge in [-0.3, -0.25) is 0 Å². The SMILES string of the molecule is C=C1C(Br)=C[C-]=C(c2ccc(F)cc2)N1CC(F)F.[Y]. The van der Waals surface area contributed by atoms with Crippen molar-refractivity contribution in [2.75, 3.05) is 6.54 Å². The topological polar surface area (TPSA) is 3.24 Å². The predicted octanol–water partition coefficient (Wildman–Crippen LogP) is 4.34. The Balaban J connectivity index is 0.00000200. The second-order valence-corrected chi connectivity index (χ2v) is 4.79. The van der Waals surface area contributed by atoms with Crippen molar-refractivity contribution < 1.29 is 45.9 Å². The maximum Gasteiger partial charge on any atom is 0.256 e. The molecule has 0 atom stereocenters. The van der Waals surface area contributed by atoms with Crippen molar-refractivity contribution in [3.63, 3.8) is 0 Å². The van der Waals surface area contributed by atoms with E-state index < -0.39 is 13.0 Å². The van der Waals surface area contributed by atoms with Gasteiger partial charge in [0.25, 0.3) is 6.43 Å². The molecule has 0 bridgehead atoms. The number of hydrogen-bond donors (Lipinski definition) is 0. The van der Waals surface area contributed by atoms with E-state index in [4.69, 9.17) is 0 Å². The summed E-state index contributed by atoms with van der Waals surface area (Å²) in [6.07, 6.45) is 2.01. The summed E-state index contributed by atoms with van der Waals surface area (Å²) >= 11 is 3.23. The molecular formula is C14H10BrF3NY-. The number of rotatable bonds is 3. The molecule has 0 saturated heterocycles. The van der Waals surface area contributed by atoms with Crippen molar-refractivity contribution in [1.82, 2.24) is 4.90 Å². The minimum atomic E-state index is -2.51. The molecule has 0 spiro atoms. The van der Waals surface area contributed by atoms with Crippen LogP contribution < -0.4 is 0 Å². The third kappa shape index (κ3) is 4.06. The van der Waals surface area contributed by atoms with Crippen LogP contribution in [0.1, 0.15) is 5.56 Å². The second-order valence-electron chi connectivity index (χ2n) is 3.94. The maximum absolute atomic E-state index is 12.9. The van der Waals surface area contributed by atoms with E-state index in [1.54, 1.807) is 6.08 Å². The standard InChI is InChI=1S/C14H10BrF3N.Y/c1-9-12(15)6-7-13(19(9)8-14(17)18)10-2-4-11(16)5-3-10;/h2-6,14H,1,8H2;/q-1;. The van der Waals surface area contributed by atoms with Crippen LogP contribution in [0.15, 0.2) is 47.1 Å². The fourth-order valence-corrected chi connectivity index (χ4v) is 2.07. The molecule has 0 saturated carbocycles. The fraction of sp³-hybridized carbons (Fsp3) is 0.143. The van der Waals surface area contributed by atoms with Crippen LogP contribution in [-0.2, 0) is 32.7 Å². The normalized spacial score (nSPS) is 14.8. The molecule has 1 heterocycles. The Morgan fingerprint density at radius 1 is 1.25 bits per heavy atom. The molecule has 1 nitrogen and oxygen atoms in total. The van der Waals surface area contributed by atoms with E-state index in [9.17, 15) is 13.2 Å². The average Bonchev–Trinajstić information content (AvgIpc) is 2.36. The summed E-state index contributed by atoms with van der Waals surface area (Å²) in [6.45, 7) is 3.28. The van der Waals surface area contributed by atoms with Crippen molar-refractivity contribution in [3.8, 4) is 0 Å². The molecule has 1 aliphatic rings. The molecule has 0 amide bonds. The Labute approximate surface area is 149 Å². The van der Waals surface area contributed by atoms with E-state index in [0.29, 0.717) is 21.4 Å². The zero-order valence-corrected chi connectivity index (χ0v) is 14.8. The number of alkyl halides is 2. The van der Waals surface area contributed by atoms with Crippen LogP contribution in [-0.4, -0.2) is 17.9 Å². The first-order chi connectivity index (χ1) is 8.99. The van der Waals surface area contributed by atoms with Crippen LogP contribution in [0.3, 0.4) is 0 Å². The third-order valence-corrected chi connectivity index (χ3v) is 3.33. The molecule has 1 aromatic rings. The molecule has 0 N–H and O–H groups in total. The van der Waals surface area contributed by atoms with Gasteiger partial charge in [-0.15, -0.1) is 28.1 Å². The number of halogens is 4. The van der Waals surface area contributed by atoms with Crippen molar-refractivity contribution >= 4 is 21.6 Å². The van der Waals surface area contributed by atoms with Gasteiger partial charge in [0.05, 0.1) is 6.54 Å². The number of hydrogen-bond acceptors (Lipinski definition) is 1. The minimum absolute atomic E-state index is 0. The maximum atomic E-state index is 12.9. The van der Waals surface area contributed by atoms with Crippen molar-refractivity contribution in [2.45, 2.75) is 6.43 Å². The summed E-state index contributed by atoms with van der Waals surface area (Å²) in [4.78, 5) is 1.36. The largest absolute Gasteiger partial charge is 0.369 e. The molecule has 1 radical (unpaired) electrons. The van der Waals surface area contributed by atoms with E-state index in [-0.39, 0.29) is 38.5 Å². The Morgan fingerprint density at radius 3 is 2.40 bits per heavy atom. The first-order valence-electron chi connectivity index (χ1n) is 5.49. The molecule has 0 aromatic heterocycles. The Morgan fingerprint density at radius 2 is 1.85 bits per heavy atom. The van der Waals surface area contributed by atoms with Gasteiger partial charge in [0.15, 0.2) is 0 Å². The summed E-state index contributed by atoms with van der Waals surface area (Å²) < 4.78 is 38.8. The molecule has 2 rings (SSSR count). The van der Waals surface area contributed by atoms with Gasteiger partial charge in [0.2, 0.25) is 0 Å². The number of benzene rings is 1. The summed E-state index contributed by atoms with van der Waals surface area (Å²) in [5, 5.41) is 0. The van der Waals surface area contributed by atoms with Crippen LogP contribution in [0, 0.1) is 11.9 Å². The van der Waals surface area contributed by atoms with Gasteiger partial charge in [-0.25, -0.2) is 13.2 Å². The van der Waals surface area contributed by atoms with E-state index in [1.165, 1.54) is 29.2 Å². The number of nitrogens with zero attached hydrogens (tertiary/aromatic N) is 1. The summed E-state index contributed by atoms with van der Waals surface area (Å²) in [5.41, 5.74) is 1.49. The van der Waals surface area contributed by atoms with Gasteiger partial charge in [0.1, 0.15) is 5.82 Å². The minimum Gasteiger partial charge on any atom is -0.369 e. The smallest absolute Gasteiger partial charge is 0.256 e. The first kappa shape index (κ1) is 17.7. The summed E-state index contributed by atoms with van der Waals surface area (Å²) in [7, 11) is 0.